The van der Waals surface area contributed by atoms with Crippen molar-refractivity contribution in [3.63, 3.8) is 0 Å². The van der Waals surface area contributed by atoms with Crippen LogP contribution in [0.15, 0.2) is 59.8 Å². The maximum Gasteiger partial charge on any atom is 0.222 e. The fraction of sp³-hybridized carbons (Fsp3) is 0.515. The summed E-state index contributed by atoms with van der Waals surface area (Å²) in [6.07, 6.45) is 8.62. The van der Waals surface area contributed by atoms with E-state index in [1.807, 2.05) is 64.4 Å². The standard InChI is InChI=1S/C33H45N5O3S/c1-4-5-6-7-11-17-31(40)37-23-22-36(25-26(37)2)30(39)16-12-13-24-42-33-35-34-32(27-14-9-8-10-15-27)38(33)28-18-20-29(41-3)21-19-28/h8-10,14-15,18-21,26H,4-7,11-13,16-17,22-25H2,1-3H3. The molecule has 2 amide bonds. The Kier molecular flexibility index (Phi) is 12.3. The van der Waals surface area contributed by atoms with Gasteiger partial charge in [0.05, 0.1) is 7.11 Å². The molecule has 0 N–H and O–H groups in total. The number of amides is 2. The molecule has 1 saturated heterocycles. The number of methoxy groups -OCH3 is 1. The second kappa shape index (κ2) is 16.3. The number of carbonyl (C=O) groups is 2. The SMILES string of the molecule is CCCCCCCC(=O)N1CCN(C(=O)CCCCSc2nnc(-c3ccccc3)n2-c2ccc(OC)cc2)CC1C. The minimum atomic E-state index is 0.0736. The predicted molar refractivity (Wildman–Crippen MR) is 169 cm³/mol. The van der Waals surface area contributed by atoms with Crippen molar-refractivity contribution in [2.24, 2.45) is 0 Å². The van der Waals surface area contributed by atoms with Gasteiger partial charge >= 0.3 is 0 Å². The smallest absolute Gasteiger partial charge is 0.222 e. The van der Waals surface area contributed by atoms with Crippen molar-refractivity contribution in [3.8, 4) is 22.8 Å². The van der Waals surface area contributed by atoms with Crippen LogP contribution in [-0.4, -0.2) is 74.9 Å². The van der Waals surface area contributed by atoms with Gasteiger partial charge in [-0.15, -0.1) is 10.2 Å². The van der Waals surface area contributed by atoms with E-state index in [2.05, 4.69) is 28.6 Å². The molecule has 0 saturated carbocycles. The average Bonchev–Trinajstić information content (AvgIpc) is 3.44. The van der Waals surface area contributed by atoms with Crippen LogP contribution in [0.5, 0.6) is 5.75 Å². The van der Waals surface area contributed by atoms with Gasteiger partial charge in [0.15, 0.2) is 11.0 Å². The van der Waals surface area contributed by atoms with Gasteiger partial charge in [0, 0.05) is 55.5 Å². The molecule has 1 unspecified atom stereocenters. The largest absolute Gasteiger partial charge is 0.497 e. The number of aromatic nitrogens is 3. The molecule has 1 atom stereocenters. The number of carbonyl (C=O) groups excluding carboxylic acids is 2. The summed E-state index contributed by atoms with van der Waals surface area (Å²) in [6, 6.07) is 18.0. The first kappa shape index (κ1) is 31.6. The number of piperazine rings is 1. The highest BCUT2D eigenvalue weighted by molar-refractivity contribution is 7.99. The molecule has 8 nitrogen and oxygen atoms in total. The molecule has 42 heavy (non-hydrogen) atoms. The molecular formula is C33H45N5O3S. The van der Waals surface area contributed by atoms with Gasteiger partial charge in [0.2, 0.25) is 11.8 Å². The van der Waals surface area contributed by atoms with E-state index in [0.29, 0.717) is 32.5 Å². The molecule has 2 heterocycles. The lowest BCUT2D eigenvalue weighted by atomic mass is 10.1. The zero-order valence-electron chi connectivity index (χ0n) is 25.3. The summed E-state index contributed by atoms with van der Waals surface area (Å²) in [4.78, 5) is 29.6. The lowest BCUT2D eigenvalue weighted by Crippen LogP contribution is -2.55. The molecule has 4 rings (SSSR count). The Morgan fingerprint density at radius 1 is 0.881 bits per heavy atom. The topological polar surface area (TPSA) is 80.6 Å². The number of rotatable bonds is 15. The van der Waals surface area contributed by atoms with Crippen LogP contribution in [0.3, 0.4) is 0 Å². The fourth-order valence-electron chi connectivity index (χ4n) is 5.38. The normalized spacial score (nSPS) is 15.2. The lowest BCUT2D eigenvalue weighted by molar-refractivity contribution is -0.142. The van der Waals surface area contributed by atoms with Crippen LogP contribution in [0, 0.1) is 0 Å². The Labute approximate surface area is 254 Å². The summed E-state index contributed by atoms with van der Waals surface area (Å²) in [7, 11) is 1.66. The van der Waals surface area contributed by atoms with Crippen LogP contribution >= 0.6 is 11.8 Å². The van der Waals surface area contributed by atoms with E-state index < -0.39 is 0 Å². The third-order valence-corrected chi connectivity index (χ3v) is 8.82. The van der Waals surface area contributed by atoms with Gasteiger partial charge in [-0.25, -0.2) is 0 Å². The summed E-state index contributed by atoms with van der Waals surface area (Å²) in [5.74, 6) is 2.86. The van der Waals surface area contributed by atoms with Crippen molar-refractivity contribution in [2.75, 3.05) is 32.5 Å². The van der Waals surface area contributed by atoms with E-state index in [-0.39, 0.29) is 17.9 Å². The maximum atomic E-state index is 13.0. The van der Waals surface area contributed by atoms with Gasteiger partial charge in [-0.3, -0.25) is 14.2 Å². The van der Waals surface area contributed by atoms with E-state index in [4.69, 9.17) is 4.74 Å². The predicted octanol–water partition coefficient (Wildman–Crippen LogP) is 6.63. The molecule has 0 radical (unpaired) electrons. The van der Waals surface area contributed by atoms with E-state index in [9.17, 15) is 9.59 Å². The Bertz CT molecular complexity index is 1260. The quantitative estimate of drug-likeness (QED) is 0.146. The molecule has 0 aliphatic carbocycles. The number of unbranched alkanes of at least 4 members (excludes halogenated alkanes) is 5. The van der Waals surface area contributed by atoms with Crippen LogP contribution in [0.25, 0.3) is 17.1 Å². The number of hydrogen-bond donors (Lipinski definition) is 0. The van der Waals surface area contributed by atoms with Gasteiger partial charge in [-0.1, -0.05) is 74.7 Å². The van der Waals surface area contributed by atoms with E-state index >= 15 is 0 Å². The summed E-state index contributed by atoms with van der Waals surface area (Å²) < 4.78 is 7.42. The summed E-state index contributed by atoms with van der Waals surface area (Å²) in [5.41, 5.74) is 1.97. The second-order valence-electron chi connectivity index (χ2n) is 11.0. The monoisotopic (exact) mass is 591 g/mol. The first-order chi connectivity index (χ1) is 20.5. The molecule has 0 bridgehead atoms. The molecule has 1 aliphatic rings. The summed E-state index contributed by atoms with van der Waals surface area (Å²) >= 11 is 1.66. The first-order valence-electron chi connectivity index (χ1n) is 15.4. The first-order valence-corrected chi connectivity index (χ1v) is 16.4. The molecule has 0 spiro atoms. The molecule has 1 fully saturated rings. The number of benzene rings is 2. The van der Waals surface area contributed by atoms with E-state index in [1.165, 1.54) is 19.3 Å². The third-order valence-electron chi connectivity index (χ3n) is 7.81. The molecule has 3 aromatic rings. The molecule has 1 aromatic heterocycles. The van der Waals surface area contributed by atoms with Crippen LogP contribution in [0.1, 0.15) is 71.6 Å². The number of hydrogen-bond acceptors (Lipinski definition) is 6. The Morgan fingerprint density at radius 3 is 2.31 bits per heavy atom. The molecule has 2 aromatic carbocycles. The highest BCUT2D eigenvalue weighted by Gasteiger charge is 2.29. The average molecular weight is 592 g/mol. The summed E-state index contributed by atoms with van der Waals surface area (Å²) in [5, 5.41) is 9.86. The van der Waals surface area contributed by atoms with Crippen molar-refractivity contribution in [1.29, 1.82) is 0 Å². The Morgan fingerprint density at radius 2 is 1.60 bits per heavy atom. The maximum absolute atomic E-state index is 13.0. The fourth-order valence-corrected chi connectivity index (χ4v) is 6.33. The van der Waals surface area contributed by atoms with Crippen LogP contribution in [0.4, 0.5) is 0 Å². The highest BCUT2D eigenvalue weighted by atomic mass is 32.2. The number of thioether (sulfide) groups is 1. The molecular weight excluding hydrogens is 546 g/mol. The molecule has 9 heteroatoms. The third kappa shape index (κ3) is 8.60. The van der Waals surface area contributed by atoms with Gasteiger partial charge in [0.25, 0.3) is 0 Å². The minimum absolute atomic E-state index is 0.0736. The van der Waals surface area contributed by atoms with Crippen LogP contribution in [-0.2, 0) is 9.59 Å². The summed E-state index contributed by atoms with van der Waals surface area (Å²) in [6.45, 7) is 6.16. The zero-order chi connectivity index (χ0) is 29.7. The van der Waals surface area contributed by atoms with Crippen LogP contribution in [0.2, 0.25) is 0 Å². The van der Waals surface area contributed by atoms with E-state index in [0.717, 1.165) is 59.4 Å². The van der Waals surface area contributed by atoms with Crippen molar-refractivity contribution in [1.82, 2.24) is 24.6 Å². The van der Waals surface area contributed by atoms with Gasteiger partial charge < -0.3 is 14.5 Å². The second-order valence-corrected chi connectivity index (χ2v) is 12.0. The van der Waals surface area contributed by atoms with Crippen molar-refractivity contribution < 1.29 is 14.3 Å². The molecule has 226 valence electrons. The van der Waals surface area contributed by atoms with Gasteiger partial charge in [0.1, 0.15) is 5.75 Å². The minimum Gasteiger partial charge on any atom is -0.497 e. The van der Waals surface area contributed by atoms with Gasteiger partial charge in [-0.2, -0.15) is 0 Å². The zero-order valence-corrected chi connectivity index (χ0v) is 26.2. The van der Waals surface area contributed by atoms with E-state index in [1.54, 1.807) is 18.9 Å². The van der Waals surface area contributed by atoms with Crippen molar-refractivity contribution in [2.45, 2.75) is 82.8 Å². The molecule has 1 aliphatic heterocycles. The van der Waals surface area contributed by atoms with Crippen molar-refractivity contribution in [3.05, 3.63) is 54.6 Å². The van der Waals surface area contributed by atoms with Crippen LogP contribution < -0.4 is 4.74 Å². The van der Waals surface area contributed by atoms with Gasteiger partial charge in [-0.05, 0) is 50.5 Å². The highest BCUT2D eigenvalue weighted by Crippen LogP contribution is 2.29. The number of nitrogens with zero attached hydrogens (tertiary/aromatic N) is 5. The Hall–Kier alpha value is -3.33. The van der Waals surface area contributed by atoms with Crippen molar-refractivity contribution >= 4 is 23.6 Å². The lowest BCUT2D eigenvalue weighted by Gasteiger charge is -2.40. The number of ether oxygens (including phenoxy) is 1. The Balaban J connectivity index is 1.24.